The average Bonchev–Trinajstić information content (AvgIpc) is 2.25. The molecule has 4 heteroatoms. The molecule has 0 aliphatic heterocycles. The molecule has 0 spiro atoms. The maximum atomic E-state index is 10.5. The van der Waals surface area contributed by atoms with Crippen LogP contribution < -0.4 is 10.2 Å². The quantitative estimate of drug-likeness (QED) is 0.584. The summed E-state index contributed by atoms with van der Waals surface area (Å²) in [5.41, 5.74) is 3.86. The van der Waals surface area contributed by atoms with E-state index in [9.17, 15) is 4.79 Å². The SMILES string of the molecule is COc1ccc(CN/N=C/C(C)=O)cc1. The lowest BCUT2D eigenvalue weighted by Gasteiger charge is -2.02. The van der Waals surface area contributed by atoms with Crippen molar-refractivity contribution in [2.45, 2.75) is 13.5 Å². The van der Waals surface area contributed by atoms with Crippen LogP contribution in [0.15, 0.2) is 29.4 Å². The maximum Gasteiger partial charge on any atom is 0.172 e. The van der Waals surface area contributed by atoms with Crippen molar-refractivity contribution in [1.29, 1.82) is 0 Å². The molecule has 0 aromatic heterocycles. The number of carbonyl (C=O) groups excluding carboxylic acids is 1. The number of nitrogens with one attached hydrogen (secondary N) is 1. The van der Waals surface area contributed by atoms with Crippen molar-refractivity contribution in [3.8, 4) is 5.75 Å². The summed E-state index contributed by atoms with van der Waals surface area (Å²) in [5, 5.41) is 3.75. The third-order valence-corrected chi connectivity index (χ3v) is 1.78. The minimum Gasteiger partial charge on any atom is -0.497 e. The van der Waals surface area contributed by atoms with Gasteiger partial charge in [-0.25, -0.2) is 0 Å². The smallest absolute Gasteiger partial charge is 0.172 e. The fourth-order valence-corrected chi connectivity index (χ4v) is 1.02. The molecular weight excluding hydrogens is 192 g/mol. The van der Waals surface area contributed by atoms with E-state index in [1.165, 1.54) is 13.1 Å². The van der Waals surface area contributed by atoms with Crippen molar-refractivity contribution in [3.05, 3.63) is 29.8 Å². The largest absolute Gasteiger partial charge is 0.497 e. The highest BCUT2D eigenvalue weighted by atomic mass is 16.5. The predicted octanol–water partition coefficient (Wildman–Crippen LogP) is 1.36. The summed E-state index contributed by atoms with van der Waals surface area (Å²) in [7, 11) is 1.63. The first-order valence-electron chi connectivity index (χ1n) is 4.62. The van der Waals surface area contributed by atoms with Crippen LogP contribution in [0.2, 0.25) is 0 Å². The molecular formula is C11H14N2O2. The number of methoxy groups -OCH3 is 1. The zero-order chi connectivity index (χ0) is 11.1. The number of ketones is 1. The summed E-state index contributed by atoms with van der Waals surface area (Å²) >= 11 is 0. The summed E-state index contributed by atoms with van der Waals surface area (Å²) in [6, 6.07) is 7.64. The monoisotopic (exact) mass is 206 g/mol. The zero-order valence-electron chi connectivity index (χ0n) is 8.86. The Morgan fingerprint density at radius 2 is 2.13 bits per heavy atom. The van der Waals surface area contributed by atoms with E-state index in [1.807, 2.05) is 24.3 Å². The second kappa shape index (κ2) is 5.80. The van der Waals surface area contributed by atoms with Crippen LogP contribution in [0.4, 0.5) is 0 Å². The van der Waals surface area contributed by atoms with Crippen molar-refractivity contribution in [1.82, 2.24) is 5.43 Å². The minimum atomic E-state index is -0.0720. The summed E-state index contributed by atoms with van der Waals surface area (Å²) in [5.74, 6) is 0.753. The highest BCUT2D eigenvalue weighted by Gasteiger charge is 1.92. The Labute approximate surface area is 88.9 Å². The van der Waals surface area contributed by atoms with Crippen LogP contribution in [-0.4, -0.2) is 19.1 Å². The van der Waals surface area contributed by atoms with Crippen LogP contribution in [0.3, 0.4) is 0 Å². The molecule has 0 aliphatic carbocycles. The number of ether oxygens (including phenoxy) is 1. The molecule has 80 valence electrons. The molecule has 0 bridgehead atoms. The van der Waals surface area contributed by atoms with Gasteiger partial charge in [0, 0.05) is 6.92 Å². The Bertz CT molecular complexity index is 344. The van der Waals surface area contributed by atoms with Crippen LogP contribution in [-0.2, 0) is 11.3 Å². The molecule has 1 rings (SSSR count). The van der Waals surface area contributed by atoms with Gasteiger partial charge in [-0.2, -0.15) is 5.10 Å². The standard InChI is InChI=1S/C11H14N2O2/c1-9(14)7-12-13-8-10-3-5-11(15-2)6-4-10/h3-7,13H,8H2,1-2H3/b12-7+. The van der Waals surface area contributed by atoms with Crippen molar-refractivity contribution in [2.75, 3.05) is 7.11 Å². The molecule has 0 aliphatic rings. The highest BCUT2D eigenvalue weighted by Crippen LogP contribution is 2.10. The molecule has 1 N–H and O–H groups in total. The molecule has 1 aromatic carbocycles. The topological polar surface area (TPSA) is 50.7 Å². The van der Waals surface area contributed by atoms with Gasteiger partial charge in [0.2, 0.25) is 0 Å². The lowest BCUT2D eigenvalue weighted by molar-refractivity contribution is -0.110. The molecule has 4 nitrogen and oxygen atoms in total. The van der Waals surface area contributed by atoms with E-state index in [0.29, 0.717) is 6.54 Å². The summed E-state index contributed by atoms with van der Waals surface area (Å²) in [4.78, 5) is 10.5. The van der Waals surface area contributed by atoms with E-state index < -0.39 is 0 Å². The Kier molecular flexibility index (Phi) is 4.34. The average molecular weight is 206 g/mol. The summed E-state index contributed by atoms with van der Waals surface area (Å²) < 4.78 is 5.03. The Morgan fingerprint density at radius 3 is 2.67 bits per heavy atom. The molecule has 0 saturated carbocycles. The van der Waals surface area contributed by atoms with E-state index in [-0.39, 0.29) is 5.78 Å². The fourth-order valence-electron chi connectivity index (χ4n) is 1.02. The van der Waals surface area contributed by atoms with Crippen LogP contribution >= 0.6 is 0 Å². The van der Waals surface area contributed by atoms with Crippen LogP contribution in [0.1, 0.15) is 12.5 Å². The molecule has 0 heterocycles. The number of rotatable bonds is 5. The zero-order valence-corrected chi connectivity index (χ0v) is 8.86. The van der Waals surface area contributed by atoms with Gasteiger partial charge in [-0.1, -0.05) is 12.1 Å². The Morgan fingerprint density at radius 1 is 1.47 bits per heavy atom. The van der Waals surface area contributed by atoms with Gasteiger partial charge in [0.25, 0.3) is 0 Å². The number of hydrogen-bond donors (Lipinski definition) is 1. The van der Waals surface area contributed by atoms with Crippen LogP contribution in [0.5, 0.6) is 5.75 Å². The van der Waals surface area contributed by atoms with E-state index in [4.69, 9.17) is 4.74 Å². The molecule has 15 heavy (non-hydrogen) atoms. The second-order valence-electron chi connectivity index (χ2n) is 3.05. The first kappa shape index (κ1) is 11.2. The molecule has 0 amide bonds. The second-order valence-corrected chi connectivity index (χ2v) is 3.05. The molecule has 0 radical (unpaired) electrons. The lowest BCUT2D eigenvalue weighted by Crippen LogP contribution is -2.07. The van der Waals surface area contributed by atoms with Crippen molar-refractivity contribution >= 4 is 12.0 Å². The van der Waals surface area contributed by atoms with Crippen molar-refractivity contribution in [2.24, 2.45) is 5.10 Å². The molecule has 0 saturated heterocycles. The first-order valence-corrected chi connectivity index (χ1v) is 4.62. The van der Waals surface area contributed by atoms with Crippen LogP contribution in [0.25, 0.3) is 0 Å². The van der Waals surface area contributed by atoms with E-state index in [2.05, 4.69) is 10.5 Å². The Balaban J connectivity index is 2.41. The molecule has 0 fully saturated rings. The van der Waals surface area contributed by atoms with E-state index >= 15 is 0 Å². The number of nitrogens with zero attached hydrogens (tertiary/aromatic N) is 1. The molecule has 1 aromatic rings. The summed E-state index contributed by atoms with van der Waals surface area (Å²) in [6.07, 6.45) is 1.25. The van der Waals surface area contributed by atoms with Gasteiger partial charge in [0.1, 0.15) is 5.75 Å². The maximum absolute atomic E-state index is 10.5. The molecule has 0 atom stereocenters. The lowest BCUT2D eigenvalue weighted by atomic mass is 10.2. The highest BCUT2D eigenvalue weighted by molar-refractivity contribution is 6.26. The van der Waals surface area contributed by atoms with Gasteiger partial charge in [-0.15, -0.1) is 0 Å². The third kappa shape index (κ3) is 4.26. The Hall–Kier alpha value is -1.84. The van der Waals surface area contributed by atoms with E-state index in [1.54, 1.807) is 7.11 Å². The number of benzene rings is 1. The van der Waals surface area contributed by atoms with Gasteiger partial charge >= 0.3 is 0 Å². The normalized spacial score (nSPS) is 10.3. The number of hydrogen-bond acceptors (Lipinski definition) is 4. The van der Waals surface area contributed by atoms with Crippen molar-refractivity contribution < 1.29 is 9.53 Å². The molecule has 0 unspecified atom stereocenters. The van der Waals surface area contributed by atoms with Gasteiger partial charge in [-0.05, 0) is 17.7 Å². The number of Topliss-reactive ketones (excluding diaryl/α,β-unsaturated/α-hetero) is 1. The van der Waals surface area contributed by atoms with Gasteiger partial charge < -0.3 is 10.2 Å². The fraction of sp³-hybridized carbons (Fsp3) is 0.273. The van der Waals surface area contributed by atoms with Crippen molar-refractivity contribution in [3.63, 3.8) is 0 Å². The minimum absolute atomic E-state index is 0.0720. The number of hydrazone groups is 1. The first-order chi connectivity index (χ1) is 7.22. The van der Waals surface area contributed by atoms with E-state index in [0.717, 1.165) is 11.3 Å². The predicted molar refractivity (Wildman–Crippen MR) is 59.0 cm³/mol. The van der Waals surface area contributed by atoms with Gasteiger partial charge in [0.15, 0.2) is 5.78 Å². The summed E-state index contributed by atoms with van der Waals surface area (Å²) in [6.45, 7) is 2.05. The number of carbonyl (C=O) groups is 1. The van der Waals surface area contributed by atoms with Gasteiger partial charge in [-0.3, -0.25) is 4.79 Å². The van der Waals surface area contributed by atoms with Gasteiger partial charge in [0.05, 0.1) is 19.9 Å². The third-order valence-electron chi connectivity index (χ3n) is 1.78. The van der Waals surface area contributed by atoms with Crippen LogP contribution in [0, 0.1) is 0 Å².